The second kappa shape index (κ2) is 4.68. The van der Waals surface area contributed by atoms with Gasteiger partial charge in [-0.1, -0.05) is 0 Å². The summed E-state index contributed by atoms with van der Waals surface area (Å²) in [4.78, 5) is 11.0. The molecule has 1 atom stereocenters. The van der Waals surface area contributed by atoms with Crippen LogP contribution in [0, 0.1) is 6.92 Å². The number of hydrogen-bond acceptors (Lipinski definition) is 4. The Morgan fingerprint density at radius 3 is 2.94 bits per heavy atom. The zero-order valence-electron chi connectivity index (χ0n) is 10.1. The molecule has 1 aliphatic heterocycles. The highest BCUT2D eigenvalue weighted by Crippen LogP contribution is 2.25. The van der Waals surface area contributed by atoms with Crippen molar-refractivity contribution in [3.63, 3.8) is 0 Å². The average Bonchev–Trinajstić information content (AvgIpc) is 2.97. The molecule has 0 amide bonds. The first kappa shape index (κ1) is 11.6. The van der Waals surface area contributed by atoms with Crippen LogP contribution >= 0.6 is 15.9 Å². The van der Waals surface area contributed by atoms with Crippen molar-refractivity contribution < 1.29 is 0 Å². The first-order valence-electron chi connectivity index (χ1n) is 5.95. The number of aromatic nitrogens is 4. The lowest BCUT2D eigenvalue weighted by Gasteiger charge is -2.17. The third-order valence-corrected chi connectivity index (χ3v) is 3.58. The Morgan fingerprint density at radius 1 is 1.33 bits per heavy atom. The average molecular weight is 308 g/mol. The summed E-state index contributed by atoms with van der Waals surface area (Å²) < 4.78 is 3.05. The maximum Gasteiger partial charge on any atom is 0.147 e. The molecule has 6 heteroatoms. The molecule has 1 fully saturated rings. The van der Waals surface area contributed by atoms with Crippen molar-refractivity contribution in [3.05, 3.63) is 35.0 Å². The van der Waals surface area contributed by atoms with Crippen LogP contribution in [-0.2, 0) is 0 Å². The van der Waals surface area contributed by atoms with Gasteiger partial charge in [0, 0.05) is 25.5 Å². The Kier molecular flexibility index (Phi) is 3.03. The van der Waals surface area contributed by atoms with Gasteiger partial charge in [0.25, 0.3) is 0 Å². The standard InChI is InChI=1S/C12H14BrN5/c1-9-4-14-6-12(16-9)17-3-2-11(8-17)18-7-10(13)5-15-18/h4-7,11H,2-3,8H2,1H3. The largest absolute Gasteiger partial charge is 0.353 e. The van der Waals surface area contributed by atoms with Crippen LogP contribution in [0.25, 0.3) is 0 Å². The van der Waals surface area contributed by atoms with E-state index in [2.05, 4.69) is 35.9 Å². The van der Waals surface area contributed by atoms with E-state index in [9.17, 15) is 0 Å². The van der Waals surface area contributed by atoms with Crippen LogP contribution in [0.2, 0.25) is 0 Å². The van der Waals surface area contributed by atoms with Crippen molar-refractivity contribution in [2.24, 2.45) is 0 Å². The molecule has 0 saturated carbocycles. The molecule has 0 spiro atoms. The molecular weight excluding hydrogens is 294 g/mol. The molecule has 18 heavy (non-hydrogen) atoms. The predicted molar refractivity (Wildman–Crippen MR) is 72.6 cm³/mol. The number of aryl methyl sites for hydroxylation is 1. The van der Waals surface area contributed by atoms with Gasteiger partial charge >= 0.3 is 0 Å². The molecule has 94 valence electrons. The predicted octanol–water partition coefficient (Wildman–Crippen LogP) is 2.20. The molecule has 1 aliphatic rings. The van der Waals surface area contributed by atoms with E-state index in [1.165, 1.54) is 0 Å². The molecule has 2 aromatic rings. The third kappa shape index (κ3) is 2.25. The van der Waals surface area contributed by atoms with Crippen LogP contribution in [0.1, 0.15) is 18.2 Å². The van der Waals surface area contributed by atoms with E-state index in [0.717, 1.165) is 35.5 Å². The Hall–Kier alpha value is -1.43. The summed E-state index contributed by atoms with van der Waals surface area (Å²) in [6.45, 7) is 3.90. The normalized spacial score (nSPS) is 19.4. The second-order valence-electron chi connectivity index (χ2n) is 4.55. The van der Waals surface area contributed by atoms with Gasteiger partial charge in [-0.05, 0) is 29.3 Å². The van der Waals surface area contributed by atoms with Crippen LogP contribution in [0.15, 0.2) is 29.3 Å². The van der Waals surface area contributed by atoms with E-state index in [4.69, 9.17) is 0 Å². The lowest BCUT2D eigenvalue weighted by molar-refractivity contribution is 0.494. The number of hydrogen-bond donors (Lipinski definition) is 0. The third-order valence-electron chi connectivity index (χ3n) is 3.17. The first-order chi connectivity index (χ1) is 8.72. The van der Waals surface area contributed by atoms with Gasteiger partial charge in [0.1, 0.15) is 5.82 Å². The maximum absolute atomic E-state index is 4.51. The fourth-order valence-corrected chi connectivity index (χ4v) is 2.58. The van der Waals surface area contributed by atoms with Crippen molar-refractivity contribution in [3.8, 4) is 0 Å². The van der Waals surface area contributed by atoms with Crippen LogP contribution in [-0.4, -0.2) is 32.8 Å². The number of rotatable bonds is 2. The Balaban J connectivity index is 1.75. The van der Waals surface area contributed by atoms with E-state index in [1.54, 1.807) is 6.20 Å². The molecule has 0 aliphatic carbocycles. The van der Waals surface area contributed by atoms with Gasteiger partial charge in [-0.3, -0.25) is 9.67 Å². The van der Waals surface area contributed by atoms with E-state index < -0.39 is 0 Å². The molecule has 3 heterocycles. The number of anilines is 1. The zero-order valence-corrected chi connectivity index (χ0v) is 11.7. The van der Waals surface area contributed by atoms with Crippen LogP contribution < -0.4 is 4.90 Å². The minimum absolute atomic E-state index is 0.415. The number of halogens is 1. The van der Waals surface area contributed by atoms with Crippen molar-refractivity contribution in [1.82, 2.24) is 19.7 Å². The Bertz CT molecular complexity index is 553. The highest BCUT2D eigenvalue weighted by atomic mass is 79.9. The van der Waals surface area contributed by atoms with Crippen molar-refractivity contribution in [2.45, 2.75) is 19.4 Å². The van der Waals surface area contributed by atoms with Gasteiger partial charge < -0.3 is 4.90 Å². The monoisotopic (exact) mass is 307 g/mol. The highest BCUT2D eigenvalue weighted by molar-refractivity contribution is 9.10. The summed E-state index contributed by atoms with van der Waals surface area (Å²) in [5, 5.41) is 4.35. The molecule has 5 nitrogen and oxygen atoms in total. The van der Waals surface area contributed by atoms with Gasteiger partial charge in [-0.2, -0.15) is 5.10 Å². The Labute approximate surface area is 114 Å². The van der Waals surface area contributed by atoms with Crippen LogP contribution in [0.3, 0.4) is 0 Å². The topological polar surface area (TPSA) is 46.8 Å². The number of nitrogens with zero attached hydrogens (tertiary/aromatic N) is 5. The summed E-state index contributed by atoms with van der Waals surface area (Å²) in [5.41, 5.74) is 0.956. The summed E-state index contributed by atoms with van der Waals surface area (Å²) in [7, 11) is 0. The van der Waals surface area contributed by atoms with Gasteiger partial charge in [0.15, 0.2) is 0 Å². The summed E-state index contributed by atoms with van der Waals surface area (Å²) in [6.07, 6.45) is 8.55. The molecule has 0 N–H and O–H groups in total. The Morgan fingerprint density at radius 2 is 2.22 bits per heavy atom. The molecule has 1 saturated heterocycles. The SMILES string of the molecule is Cc1cncc(N2CCC(n3cc(Br)cn3)C2)n1. The van der Waals surface area contributed by atoms with Gasteiger partial charge in [-0.15, -0.1) is 0 Å². The summed E-state index contributed by atoms with van der Waals surface area (Å²) >= 11 is 3.43. The quantitative estimate of drug-likeness (QED) is 0.853. The molecule has 0 aromatic carbocycles. The van der Waals surface area contributed by atoms with Crippen LogP contribution in [0.5, 0.6) is 0 Å². The minimum atomic E-state index is 0.415. The van der Waals surface area contributed by atoms with Gasteiger partial charge in [0.2, 0.25) is 0 Å². The van der Waals surface area contributed by atoms with Gasteiger partial charge in [0.05, 0.1) is 28.6 Å². The van der Waals surface area contributed by atoms with E-state index in [-0.39, 0.29) is 0 Å². The smallest absolute Gasteiger partial charge is 0.147 e. The van der Waals surface area contributed by atoms with E-state index >= 15 is 0 Å². The summed E-state index contributed by atoms with van der Waals surface area (Å²) in [6, 6.07) is 0.415. The highest BCUT2D eigenvalue weighted by Gasteiger charge is 2.25. The van der Waals surface area contributed by atoms with Crippen LogP contribution in [0.4, 0.5) is 5.82 Å². The lowest BCUT2D eigenvalue weighted by atomic mass is 10.3. The van der Waals surface area contributed by atoms with Crippen molar-refractivity contribution >= 4 is 21.7 Å². The second-order valence-corrected chi connectivity index (χ2v) is 5.46. The fraction of sp³-hybridized carbons (Fsp3) is 0.417. The molecule has 1 unspecified atom stereocenters. The molecular formula is C12H14BrN5. The van der Waals surface area contributed by atoms with E-state index in [1.807, 2.05) is 30.2 Å². The van der Waals surface area contributed by atoms with Gasteiger partial charge in [-0.25, -0.2) is 4.98 Å². The summed E-state index contributed by atoms with van der Waals surface area (Å²) in [5.74, 6) is 0.962. The lowest BCUT2D eigenvalue weighted by Crippen LogP contribution is -2.22. The van der Waals surface area contributed by atoms with Crippen molar-refractivity contribution in [2.75, 3.05) is 18.0 Å². The maximum atomic E-state index is 4.51. The molecule has 0 radical (unpaired) electrons. The fourth-order valence-electron chi connectivity index (χ4n) is 2.28. The molecule has 3 rings (SSSR count). The minimum Gasteiger partial charge on any atom is -0.353 e. The van der Waals surface area contributed by atoms with E-state index in [0.29, 0.717) is 6.04 Å². The molecule has 2 aromatic heterocycles. The first-order valence-corrected chi connectivity index (χ1v) is 6.75. The molecule has 0 bridgehead atoms. The zero-order chi connectivity index (χ0) is 12.5. The van der Waals surface area contributed by atoms with Crippen molar-refractivity contribution in [1.29, 1.82) is 0 Å².